The summed E-state index contributed by atoms with van der Waals surface area (Å²) in [4.78, 5) is 39.0. The molecule has 0 amide bonds. The summed E-state index contributed by atoms with van der Waals surface area (Å²) in [6.45, 7) is 0. The summed E-state index contributed by atoms with van der Waals surface area (Å²) in [6.07, 6.45) is 2.23. The Balaban J connectivity index is 1.92. The number of carbonyl (C=O) groups excluding carboxylic acids is 2. The molecule has 0 spiro atoms. The van der Waals surface area contributed by atoms with Gasteiger partial charge in [-0.05, 0) is 47.4 Å². The van der Waals surface area contributed by atoms with Gasteiger partial charge in [-0.3, -0.25) is 14.6 Å². The number of aliphatic carboxylic acids is 1. The van der Waals surface area contributed by atoms with Crippen molar-refractivity contribution >= 4 is 17.5 Å². The molecule has 1 aromatic heterocycles. The first-order chi connectivity index (χ1) is 13.5. The van der Waals surface area contributed by atoms with E-state index in [2.05, 4.69) is 4.98 Å². The van der Waals surface area contributed by atoms with E-state index in [0.717, 1.165) is 22.4 Å². The summed E-state index contributed by atoms with van der Waals surface area (Å²) >= 11 is 0. The summed E-state index contributed by atoms with van der Waals surface area (Å²) < 4.78 is 0. The lowest BCUT2D eigenvalue weighted by Crippen LogP contribution is -2.17. The third-order valence-corrected chi connectivity index (χ3v) is 4.30. The fraction of sp³-hybridized carbons (Fsp3) is 0.130. The maximum atomic E-state index is 12.5. The molecular formula is C23H19NO4. The monoisotopic (exact) mass is 373 g/mol. The molecule has 3 rings (SSSR count). The lowest BCUT2D eigenvalue weighted by Gasteiger charge is -2.10. The number of pyridine rings is 1. The molecule has 3 aromatic rings. The highest BCUT2D eigenvalue weighted by atomic mass is 16.4. The van der Waals surface area contributed by atoms with Crippen molar-refractivity contribution in [3.63, 3.8) is 0 Å². The van der Waals surface area contributed by atoms with Crippen LogP contribution in [-0.4, -0.2) is 27.6 Å². The molecule has 2 aromatic carbocycles. The first-order valence-corrected chi connectivity index (χ1v) is 8.87. The van der Waals surface area contributed by atoms with Crippen LogP contribution in [0, 0.1) is 0 Å². The van der Waals surface area contributed by atoms with E-state index in [1.807, 2.05) is 54.6 Å². The van der Waals surface area contributed by atoms with E-state index in [1.165, 1.54) is 0 Å². The van der Waals surface area contributed by atoms with Crippen molar-refractivity contribution in [3.05, 3.63) is 101 Å². The number of carboxylic acid groups (broad SMARTS) is 1. The van der Waals surface area contributed by atoms with Gasteiger partial charge >= 0.3 is 5.97 Å². The summed E-state index contributed by atoms with van der Waals surface area (Å²) in [5.41, 5.74) is 4.11. The van der Waals surface area contributed by atoms with Crippen LogP contribution in [0.4, 0.5) is 0 Å². The molecule has 0 saturated carbocycles. The quantitative estimate of drug-likeness (QED) is 0.371. The molecule has 1 N–H and O–H groups in total. The van der Waals surface area contributed by atoms with Crippen molar-refractivity contribution in [2.45, 2.75) is 19.3 Å². The van der Waals surface area contributed by atoms with E-state index in [0.29, 0.717) is 18.4 Å². The van der Waals surface area contributed by atoms with E-state index in [9.17, 15) is 14.4 Å². The normalized spacial score (nSPS) is 10.4. The molecule has 0 saturated heterocycles. The minimum Gasteiger partial charge on any atom is -0.475 e. The minimum atomic E-state index is -1.59. The van der Waals surface area contributed by atoms with Crippen LogP contribution in [0.1, 0.15) is 39.2 Å². The number of hydrogen-bond acceptors (Lipinski definition) is 4. The van der Waals surface area contributed by atoms with Crippen LogP contribution < -0.4 is 0 Å². The molecule has 5 heteroatoms. The predicted octanol–water partition coefficient (Wildman–Crippen LogP) is 3.49. The number of Topliss-reactive ketones (excluding diaryl/α,β-unsaturated/α-hetero) is 2. The molecule has 0 fully saturated rings. The van der Waals surface area contributed by atoms with Gasteiger partial charge in [-0.15, -0.1) is 0 Å². The van der Waals surface area contributed by atoms with Crippen molar-refractivity contribution in [3.8, 4) is 0 Å². The molecule has 0 aliphatic heterocycles. The van der Waals surface area contributed by atoms with Gasteiger partial charge < -0.3 is 5.11 Å². The summed E-state index contributed by atoms with van der Waals surface area (Å²) in [5, 5.41) is 8.77. The third-order valence-electron chi connectivity index (χ3n) is 4.30. The highest BCUT2D eigenvalue weighted by molar-refractivity contribution is 6.37. The molecular weight excluding hydrogens is 354 g/mol. The number of ketones is 2. The van der Waals surface area contributed by atoms with Gasteiger partial charge in [0.2, 0.25) is 5.78 Å². The van der Waals surface area contributed by atoms with Crippen molar-refractivity contribution in [1.82, 2.24) is 4.98 Å². The largest absolute Gasteiger partial charge is 0.475 e. The van der Waals surface area contributed by atoms with Gasteiger partial charge in [0.15, 0.2) is 5.78 Å². The Bertz CT molecular complexity index is 938. The topological polar surface area (TPSA) is 84.3 Å². The Morgan fingerprint density at radius 3 is 2.11 bits per heavy atom. The summed E-state index contributed by atoms with van der Waals surface area (Å²) in [6, 6.07) is 20.9. The summed E-state index contributed by atoms with van der Waals surface area (Å²) in [5.74, 6) is -3.20. The van der Waals surface area contributed by atoms with E-state index >= 15 is 0 Å². The lowest BCUT2D eigenvalue weighted by atomic mass is 9.95. The Morgan fingerprint density at radius 1 is 0.786 bits per heavy atom. The molecule has 0 unspecified atom stereocenters. The maximum absolute atomic E-state index is 12.5. The number of carbonyl (C=O) groups is 3. The Morgan fingerprint density at radius 2 is 1.46 bits per heavy atom. The van der Waals surface area contributed by atoms with Crippen LogP contribution in [0.25, 0.3) is 0 Å². The zero-order valence-electron chi connectivity index (χ0n) is 15.2. The number of carboxylic acids is 1. The van der Waals surface area contributed by atoms with Crippen LogP contribution in [0.3, 0.4) is 0 Å². The van der Waals surface area contributed by atoms with Crippen LogP contribution in [0.5, 0.6) is 0 Å². The zero-order valence-corrected chi connectivity index (χ0v) is 15.2. The van der Waals surface area contributed by atoms with E-state index in [-0.39, 0.29) is 0 Å². The SMILES string of the molecule is O=C(O)C(=O)CC(=O)c1cc(Cc2ccccc2)cc(Cc2ccccn2)c1. The first-order valence-electron chi connectivity index (χ1n) is 8.87. The second-order valence-electron chi connectivity index (χ2n) is 6.53. The van der Waals surface area contributed by atoms with Gasteiger partial charge in [0.1, 0.15) is 0 Å². The first kappa shape index (κ1) is 19.2. The maximum Gasteiger partial charge on any atom is 0.372 e. The van der Waals surface area contributed by atoms with Crippen LogP contribution >= 0.6 is 0 Å². The molecule has 28 heavy (non-hydrogen) atoms. The fourth-order valence-electron chi connectivity index (χ4n) is 2.99. The Kier molecular flexibility index (Phi) is 6.07. The second kappa shape index (κ2) is 8.86. The highest BCUT2D eigenvalue weighted by Gasteiger charge is 2.19. The number of rotatable bonds is 8. The Hall–Kier alpha value is -3.60. The van der Waals surface area contributed by atoms with Crippen molar-refractivity contribution in [1.29, 1.82) is 0 Å². The number of hydrogen-bond donors (Lipinski definition) is 1. The zero-order chi connectivity index (χ0) is 19.9. The molecule has 140 valence electrons. The van der Waals surface area contributed by atoms with Gasteiger partial charge in [-0.2, -0.15) is 0 Å². The standard InChI is InChI=1S/C23H19NO4/c25-21(15-22(26)23(27)28)19-12-17(10-16-6-2-1-3-7-16)11-18(13-19)14-20-8-4-5-9-24-20/h1-9,11-13H,10,14-15H2,(H,27,28). The fourth-order valence-corrected chi connectivity index (χ4v) is 2.99. The number of nitrogens with zero attached hydrogens (tertiary/aromatic N) is 1. The number of aromatic nitrogens is 1. The van der Waals surface area contributed by atoms with Crippen LogP contribution in [0.2, 0.25) is 0 Å². The van der Waals surface area contributed by atoms with E-state index < -0.39 is 24.0 Å². The molecule has 5 nitrogen and oxygen atoms in total. The van der Waals surface area contributed by atoms with Gasteiger partial charge in [-0.1, -0.05) is 42.5 Å². The smallest absolute Gasteiger partial charge is 0.372 e. The Labute approximate surface area is 162 Å². The van der Waals surface area contributed by atoms with Gasteiger partial charge in [-0.25, -0.2) is 4.79 Å². The van der Waals surface area contributed by atoms with Crippen LogP contribution in [0.15, 0.2) is 72.9 Å². The average Bonchev–Trinajstić information content (AvgIpc) is 2.69. The van der Waals surface area contributed by atoms with Gasteiger partial charge in [0, 0.05) is 23.9 Å². The van der Waals surface area contributed by atoms with Gasteiger partial charge in [0.05, 0.1) is 6.42 Å². The minimum absolute atomic E-state index is 0.342. The molecule has 0 aliphatic rings. The highest BCUT2D eigenvalue weighted by Crippen LogP contribution is 2.18. The van der Waals surface area contributed by atoms with Gasteiger partial charge in [0.25, 0.3) is 0 Å². The average molecular weight is 373 g/mol. The predicted molar refractivity (Wildman–Crippen MR) is 104 cm³/mol. The summed E-state index contributed by atoms with van der Waals surface area (Å²) in [7, 11) is 0. The lowest BCUT2D eigenvalue weighted by molar-refractivity contribution is -0.148. The van der Waals surface area contributed by atoms with E-state index in [1.54, 1.807) is 18.3 Å². The molecule has 0 aliphatic carbocycles. The second-order valence-corrected chi connectivity index (χ2v) is 6.53. The third kappa shape index (κ3) is 5.20. The molecule has 1 heterocycles. The van der Waals surface area contributed by atoms with Crippen molar-refractivity contribution in [2.24, 2.45) is 0 Å². The molecule has 0 atom stereocenters. The number of benzene rings is 2. The van der Waals surface area contributed by atoms with E-state index in [4.69, 9.17) is 5.11 Å². The van der Waals surface area contributed by atoms with Crippen molar-refractivity contribution in [2.75, 3.05) is 0 Å². The van der Waals surface area contributed by atoms with Crippen LogP contribution in [-0.2, 0) is 22.4 Å². The van der Waals surface area contributed by atoms with Crippen molar-refractivity contribution < 1.29 is 19.5 Å². The molecule has 0 radical (unpaired) electrons. The molecule has 0 bridgehead atoms.